The third-order valence-corrected chi connectivity index (χ3v) is 3.03. The van der Waals surface area contributed by atoms with Crippen LogP contribution in [0.15, 0.2) is 24.3 Å². The summed E-state index contributed by atoms with van der Waals surface area (Å²) in [4.78, 5) is 23.1. The second kappa shape index (κ2) is 7.88. The van der Waals surface area contributed by atoms with Crippen molar-refractivity contribution in [2.75, 3.05) is 0 Å². The van der Waals surface area contributed by atoms with Gasteiger partial charge in [-0.15, -0.1) is 0 Å². The van der Waals surface area contributed by atoms with Gasteiger partial charge in [0.05, 0.1) is 0 Å². The first-order valence-electron chi connectivity index (χ1n) is 6.75. The van der Waals surface area contributed by atoms with Crippen molar-refractivity contribution in [3.8, 4) is 5.75 Å². The lowest BCUT2D eigenvalue weighted by atomic mass is 10.0. The first-order chi connectivity index (χ1) is 9.79. The number of aliphatic carboxylic acids is 1. The number of benzene rings is 1. The number of nitrogens with one attached hydrogen (secondary N) is 1. The number of carboxylic acid groups (broad SMARTS) is 1. The zero-order chi connectivity index (χ0) is 16.0. The predicted octanol–water partition coefficient (Wildman–Crippen LogP) is 2.72. The van der Waals surface area contributed by atoms with Crippen molar-refractivity contribution < 1.29 is 19.4 Å². The van der Waals surface area contributed by atoms with Crippen LogP contribution in [0.3, 0.4) is 0 Å². The van der Waals surface area contributed by atoms with Crippen LogP contribution >= 0.6 is 11.6 Å². The fourth-order valence-corrected chi connectivity index (χ4v) is 1.96. The third kappa shape index (κ3) is 6.04. The fourth-order valence-electron chi connectivity index (χ4n) is 1.78. The Morgan fingerprint density at radius 2 is 2.00 bits per heavy atom. The summed E-state index contributed by atoms with van der Waals surface area (Å²) in [5.41, 5.74) is 0. The monoisotopic (exact) mass is 313 g/mol. The second-order valence-electron chi connectivity index (χ2n) is 5.25. The number of carboxylic acids is 1. The number of rotatable bonds is 7. The van der Waals surface area contributed by atoms with Crippen molar-refractivity contribution in [2.45, 2.75) is 39.3 Å². The predicted molar refractivity (Wildman–Crippen MR) is 80.6 cm³/mol. The molecule has 1 rings (SSSR count). The lowest BCUT2D eigenvalue weighted by Crippen LogP contribution is -2.46. The Kier molecular flexibility index (Phi) is 6.49. The molecule has 0 saturated carbocycles. The molecule has 1 aromatic carbocycles. The van der Waals surface area contributed by atoms with Gasteiger partial charge in [-0.3, -0.25) is 4.79 Å². The van der Waals surface area contributed by atoms with Gasteiger partial charge in [0, 0.05) is 5.02 Å². The van der Waals surface area contributed by atoms with Gasteiger partial charge in [-0.2, -0.15) is 0 Å². The van der Waals surface area contributed by atoms with Gasteiger partial charge in [-0.25, -0.2) is 4.79 Å². The van der Waals surface area contributed by atoms with Crippen LogP contribution in [0.25, 0.3) is 0 Å². The van der Waals surface area contributed by atoms with Crippen LogP contribution in [-0.2, 0) is 9.59 Å². The van der Waals surface area contributed by atoms with Gasteiger partial charge < -0.3 is 15.2 Å². The summed E-state index contributed by atoms with van der Waals surface area (Å²) in [7, 11) is 0. The first kappa shape index (κ1) is 17.3. The van der Waals surface area contributed by atoms with Crippen LogP contribution in [0.2, 0.25) is 5.02 Å². The Morgan fingerprint density at radius 1 is 1.33 bits per heavy atom. The molecule has 0 bridgehead atoms. The largest absolute Gasteiger partial charge is 0.481 e. The molecule has 2 unspecified atom stereocenters. The van der Waals surface area contributed by atoms with E-state index in [0.29, 0.717) is 17.2 Å². The van der Waals surface area contributed by atoms with Crippen LogP contribution in [-0.4, -0.2) is 29.1 Å². The molecule has 116 valence electrons. The molecule has 0 saturated heterocycles. The van der Waals surface area contributed by atoms with Gasteiger partial charge in [0.1, 0.15) is 11.8 Å². The number of hydrogen-bond acceptors (Lipinski definition) is 3. The average molecular weight is 314 g/mol. The average Bonchev–Trinajstić information content (AvgIpc) is 2.37. The van der Waals surface area contributed by atoms with E-state index in [4.69, 9.17) is 21.4 Å². The summed E-state index contributed by atoms with van der Waals surface area (Å²) in [5.74, 6) is -0.897. The minimum absolute atomic E-state index is 0.163. The number of hydrogen-bond donors (Lipinski definition) is 2. The van der Waals surface area contributed by atoms with E-state index in [1.807, 2.05) is 13.8 Å². The summed E-state index contributed by atoms with van der Waals surface area (Å²) >= 11 is 5.83. The van der Waals surface area contributed by atoms with Crippen LogP contribution < -0.4 is 10.1 Å². The van der Waals surface area contributed by atoms with Crippen LogP contribution in [0.5, 0.6) is 5.75 Å². The fraction of sp³-hybridized carbons (Fsp3) is 0.467. The van der Waals surface area contributed by atoms with Crippen LogP contribution in [0.1, 0.15) is 27.2 Å². The van der Waals surface area contributed by atoms with Crippen molar-refractivity contribution >= 4 is 23.5 Å². The second-order valence-corrected chi connectivity index (χ2v) is 5.68. The third-order valence-electron chi connectivity index (χ3n) is 2.80. The van der Waals surface area contributed by atoms with Crippen molar-refractivity contribution in [3.05, 3.63) is 29.3 Å². The van der Waals surface area contributed by atoms with Gasteiger partial charge in [0.25, 0.3) is 5.91 Å². The summed E-state index contributed by atoms with van der Waals surface area (Å²) in [5, 5.41) is 12.1. The van der Waals surface area contributed by atoms with Gasteiger partial charge in [-0.1, -0.05) is 31.5 Å². The maximum absolute atomic E-state index is 12.0. The van der Waals surface area contributed by atoms with E-state index in [-0.39, 0.29) is 5.92 Å². The Balaban J connectivity index is 2.62. The van der Waals surface area contributed by atoms with E-state index < -0.39 is 24.0 Å². The van der Waals surface area contributed by atoms with E-state index >= 15 is 0 Å². The Bertz CT molecular complexity index is 504. The molecular weight excluding hydrogens is 294 g/mol. The van der Waals surface area contributed by atoms with E-state index in [9.17, 15) is 9.59 Å². The molecule has 0 aromatic heterocycles. The number of ether oxygens (including phenoxy) is 1. The van der Waals surface area contributed by atoms with E-state index in [1.165, 1.54) is 0 Å². The lowest BCUT2D eigenvalue weighted by Gasteiger charge is -2.20. The van der Waals surface area contributed by atoms with Crippen molar-refractivity contribution in [1.82, 2.24) is 5.32 Å². The molecule has 0 heterocycles. The minimum Gasteiger partial charge on any atom is -0.481 e. The Morgan fingerprint density at radius 3 is 2.52 bits per heavy atom. The van der Waals surface area contributed by atoms with Gasteiger partial charge in [0.2, 0.25) is 0 Å². The topological polar surface area (TPSA) is 75.6 Å². The zero-order valence-corrected chi connectivity index (χ0v) is 13.1. The molecule has 1 aromatic rings. The Hall–Kier alpha value is -1.75. The SMILES string of the molecule is CC(C)CC(NC(=O)C(C)Oc1cccc(Cl)c1)C(=O)O. The first-order valence-corrected chi connectivity index (χ1v) is 7.12. The lowest BCUT2D eigenvalue weighted by molar-refractivity contribution is -0.143. The van der Waals surface area contributed by atoms with Crippen LogP contribution in [0.4, 0.5) is 0 Å². The van der Waals surface area contributed by atoms with Gasteiger partial charge >= 0.3 is 5.97 Å². The van der Waals surface area contributed by atoms with E-state index in [2.05, 4.69) is 5.32 Å². The number of carbonyl (C=O) groups is 2. The summed E-state index contributed by atoms with van der Waals surface area (Å²) < 4.78 is 5.45. The normalized spacial score (nSPS) is 13.6. The van der Waals surface area contributed by atoms with E-state index in [0.717, 1.165) is 0 Å². The molecule has 2 atom stereocenters. The molecule has 0 fully saturated rings. The molecular formula is C15H20ClNO4. The molecule has 0 spiro atoms. The highest BCUT2D eigenvalue weighted by atomic mass is 35.5. The molecule has 0 radical (unpaired) electrons. The highest BCUT2D eigenvalue weighted by Crippen LogP contribution is 2.18. The number of carbonyl (C=O) groups excluding carboxylic acids is 1. The maximum Gasteiger partial charge on any atom is 0.326 e. The molecule has 0 aliphatic rings. The molecule has 5 nitrogen and oxygen atoms in total. The summed E-state index contributed by atoms with van der Waals surface area (Å²) in [6.07, 6.45) is -0.442. The molecule has 21 heavy (non-hydrogen) atoms. The molecule has 2 N–H and O–H groups in total. The zero-order valence-electron chi connectivity index (χ0n) is 12.3. The maximum atomic E-state index is 12.0. The molecule has 0 aliphatic carbocycles. The Labute approximate surface area is 129 Å². The molecule has 1 amide bonds. The number of halogens is 1. The quantitative estimate of drug-likeness (QED) is 0.811. The minimum atomic E-state index is -1.05. The van der Waals surface area contributed by atoms with Crippen molar-refractivity contribution in [2.24, 2.45) is 5.92 Å². The smallest absolute Gasteiger partial charge is 0.326 e. The van der Waals surface area contributed by atoms with Crippen molar-refractivity contribution in [3.63, 3.8) is 0 Å². The highest BCUT2D eigenvalue weighted by Gasteiger charge is 2.24. The van der Waals surface area contributed by atoms with Gasteiger partial charge in [-0.05, 0) is 37.5 Å². The van der Waals surface area contributed by atoms with Crippen LogP contribution in [0, 0.1) is 5.92 Å². The standard InChI is InChI=1S/C15H20ClNO4/c1-9(2)7-13(15(19)20)17-14(18)10(3)21-12-6-4-5-11(16)8-12/h4-6,8-10,13H,7H2,1-3H3,(H,17,18)(H,19,20). The van der Waals surface area contributed by atoms with Crippen molar-refractivity contribution in [1.29, 1.82) is 0 Å². The number of amides is 1. The summed E-state index contributed by atoms with van der Waals surface area (Å²) in [6.45, 7) is 5.35. The highest BCUT2D eigenvalue weighted by molar-refractivity contribution is 6.30. The molecule has 6 heteroatoms. The van der Waals surface area contributed by atoms with Gasteiger partial charge in [0.15, 0.2) is 6.10 Å². The molecule has 0 aliphatic heterocycles. The van der Waals surface area contributed by atoms with E-state index in [1.54, 1.807) is 31.2 Å². The summed E-state index contributed by atoms with van der Waals surface area (Å²) in [6, 6.07) is 5.76.